The minimum atomic E-state index is -3.71. The number of hydrogen-bond acceptors (Lipinski definition) is 3. The lowest BCUT2D eigenvalue weighted by atomic mass is 10.0. The molecule has 0 saturated heterocycles. The highest BCUT2D eigenvalue weighted by Crippen LogP contribution is 2.24. The highest BCUT2D eigenvalue weighted by atomic mass is 32.2. The van der Waals surface area contributed by atoms with Crippen LogP contribution in [0.3, 0.4) is 0 Å². The van der Waals surface area contributed by atoms with Crippen LogP contribution >= 0.6 is 0 Å². The summed E-state index contributed by atoms with van der Waals surface area (Å²) in [5.41, 5.74) is 2.07. The molecule has 0 aliphatic rings. The molecule has 4 aromatic rings. The lowest BCUT2D eigenvalue weighted by molar-refractivity contribution is -0.111. The predicted octanol–water partition coefficient (Wildman–Crippen LogP) is 5.71. The largest absolute Gasteiger partial charge is 0.323 e. The van der Waals surface area contributed by atoms with Gasteiger partial charge in [-0.1, -0.05) is 60.7 Å². The van der Waals surface area contributed by atoms with Crippen LogP contribution in [0.4, 0.5) is 11.4 Å². The standard InChI is InChI=1S/C27H24N2O3S/c1-2-29(24-12-4-3-5-13-24)33(31,32)25-18-16-23(17-19-25)28-27(30)20-15-22-11-8-10-21-9-6-7-14-26(21)22/h3-20H,2H2,1H3,(H,28,30). The van der Waals surface area contributed by atoms with E-state index >= 15 is 0 Å². The average molecular weight is 457 g/mol. The summed E-state index contributed by atoms with van der Waals surface area (Å²) in [4.78, 5) is 12.6. The summed E-state index contributed by atoms with van der Waals surface area (Å²) in [7, 11) is -3.71. The van der Waals surface area contributed by atoms with Crippen molar-refractivity contribution < 1.29 is 13.2 Å². The fourth-order valence-electron chi connectivity index (χ4n) is 3.67. The first-order valence-electron chi connectivity index (χ1n) is 10.6. The Morgan fingerprint density at radius 3 is 2.24 bits per heavy atom. The number of anilines is 2. The number of carbonyl (C=O) groups excluding carboxylic acids is 1. The molecule has 0 saturated carbocycles. The Morgan fingerprint density at radius 2 is 1.52 bits per heavy atom. The van der Waals surface area contributed by atoms with Crippen molar-refractivity contribution in [3.05, 3.63) is 109 Å². The first-order valence-corrected chi connectivity index (χ1v) is 12.1. The Labute approximate surface area is 194 Å². The van der Waals surface area contributed by atoms with Gasteiger partial charge < -0.3 is 5.32 Å². The number of nitrogens with one attached hydrogen (secondary N) is 1. The van der Waals surface area contributed by atoms with Gasteiger partial charge >= 0.3 is 0 Å². The number of fused-ring (bicyclic) bond motifs is 1. The van der Waals surface area contributed by atoms with E-state index in [9.17, 15) is 13.2 Å². The van der Waals surface area contributed by atoms with Crippen LogP contribution < -0.4 is 9.62 Å². The molecule has 0 radical (unpaired) electrons. The second-order valence-electron chi connectivity index (χ2n) is 7.42. The van der Waals surface area contributed by atoms with Gasteiger partial charge in [-0.15, -0.1) is 0 Å². The lowest BCUT2D eigenvalue weighted by Crippen LogP contribution is -2.30. The van der Waals surface area contributed by atoms with Crippen molar-refractivity contribution in [1.82, 2.24) is 0 Å². The molecular weight excluding hydrogens is 432 g/mol. The van der Waals surface area contributed by atoms with E-state index in [-0.39, 0.29) is 10.8 Å². The minimum Gasteiger partial charge on any atom is -0.323 e. The second kappa shape index (κ2) is 9.71. The molecule has 0 bridgehead atoms. The van der Waals surface area contributed by atoms with Crippen LogP contribution in [0, 0.1) is 0 Å². The second-order valence-corrected chi connectivity index (χ2v) is 9.28. The molecular formula is C27H24N2O3S. The molecule has 4 aromatic carbocycles. The number of sulfonamides is 1. The summed E-state index contributed by atoms with van der Waals surface area (Å²) in [5, 5.41) is 4.95. The fourth-order valence-corrected chi connectivity index (χ4v) is 5.14. The van der Waals surface area contributed by atoms with Crippen LogP contribution in [0.15, 0.2) is 108 Å². The maximum Gasteiger partial charge on any atom is 0.264 e. The maximum atomic E-state index is 13.1. The number of hydrogen-bond donors (Lipinski definition) is 1. The van der Waals surface area contributed by atoms with E-state index in [0.717, 1.165) is 16.3 Å². The number of carbonyl (C=O) groups is 1. The minimum absolute atomic E-state index is 0.164. The molecule has 0 unspecified atom stereocenters. The van der Waals surface area contributed by atoms with Crippen LogP contribution in [0.5, 0.6) is 0 Å². The van der Waals surface area contributed by atoms with Gasteiger partial charge in [-0.05, 0) is 65.7 Å². The summed E-state index contributed by atoms with van der Waals surface area (Å²) in [5.74, 6) is -0.294. The molecule has 6 heteroatoms. The van der Waals surface area contributed by atoms with E-state index in [1.54, 1.807) is 49.4 Å². The van der Waals surface area contributed by atoms with Crippen molar-refractivity contribution in [3.63, 3.8) is 0 Å². The van der Waals surface area contributed by atoms with Gasteiger partial charge in [0.1, 0.15) is 0 Å². The van der Waals surface area contributed by atoms with Crippen molar-refractivity contribution in [2.75, 3.05) is 16.2 Å². The smallest absolute Gasteiger partial charge is 0.264 e. The third kappa shape index (κ3) is 4.96. The fraction of sp³-hybridized carbons (Fsp3) is 0.0741. The summed E-state index contributed by atoms with van der Waals surface area (Å²) in [6.07, 6.45) is 3.25. The number of benzene rings is 4. The van der Waals surface area contributed by atoms with Gasteiger partial charge in [0.05, 0.1) is 10.6 Å². The van der Waals surface area contributed by atoms with Gasteiger partial charge in [-0.25, -0.2) is 8.42 Å². The molecule has 0 atom stereocenters. The Morgan fingerprint density at radius 1 is 0.848 bits per heavy atom. The molecule has 33 heavy (non-hydrogen) atoms. The number of nitrogens with zero attached hydrogens (tertiary/aromatic N) is 1. The third-order valence-electron chi connectivity index (χ3n) is 5.28. The summed E-state index contributed by atoms with van der Waals surface area (Å²) in [6, 6.07) is 29.1. The zero-order valence-corrected chi connectivity index (χ0v) is 19.0. The third-order valence-corrected chi connectivity index (χ3v) is 7.20. The van der Waals surface area contributed by atoms with Crippen molar-refractivity contribution in [2.45, 2.75) is 11.8 Å². The lowest BCUT2D eigenvalue weighted by Gasteiger charge is -2.23. The molecule has 0 aromatic heterocycles. The van der Waals surface area contributed by atoms with Crippen molar-refractivity contribution in [3.8, 4) is 0 Å². The summed E-state index contributed by atoms with van der Waals surface area (Å²) >= 11 is 0. The molecule has 0 aliphatic heterocycles. The number of para-hydroxylation sites is 1. The van der Waals surface area contributed by atoms with Crippen LogP contribution in [-0.4, -0.2) is 20.9 Å². The molecule has 0 fully saturated rings. The van der Waals surface area contributed by atoms with Crippen LogP contribution in [0.25, 0.3) is 16.8 Å². The Balaban J connectivity index is 1.48. The number of rotatable bonds is 7. The van der Waals surface area contributed by atoms with Crippen LogP contribution in [0.2, 0.25) is 0 Å². The Bertz CT molecular complexity index is 1390. The van der Waals surface area contributed by atoms with E-state index in [2.05, 4.69) is 5.32 Å². The number of amides is 1. The maximum absolute atomic E-state index is 13.1. The van der Waals surface area contributed by atoms with E-state index in [0.29, 0.717) is 17.9 Å². The molecule has 166 valence electrons. The molecule has 0 spiro atoms. The topological polar surface area (TPSA) is 66.5 Å². The van der Waals surface area contributed by atoms with E-state index in [4.69, 9.17) is 0 Å². The van der Waals surface area contributed by atoms with Crippen LogP contribution in [0.1, 0.15) is 12.5 Å². The Kier molecular flexibility index (Phi) is 6.56. The molecule has 0 aliphatic carbocycles. The molecule has 5 nitrogen and oxygen atoms in total. The van der Waals surface area contributed by atoms with Crippen molar-refractivity contribution in [1.29, 1.82) is 0 Å². The molecule has 0 heterocycles. The van der Waals surface area contributed by atoms with E-state index in [1.807, 2.05) is 48.5 Å². The van der Waals surface area contributed by atoms with Gasteiger partial charge in [0.15, 0.2) is 0 Å². The molecule has 1 N–H and O–H groups in total. The molecule has 1 amide bonds. The van der Waals surface area contributed by atoms with Gasteiger partial charge in [-0.3, -0.25) is 9.10 Å². The summed E-state index contributed by atoms with van der Waals surface area (Å²) < 4.78 is 27.5. The van der Waals surface area contributed by atoms with Crippen LogP contribution in [-0.2, 0) is 14.8 Å². The quantitative estimate of drug-likeness (QED) is 0.362. The Hall–Kier alpha value is -3.90. The SMILES string of the molecule is CCN(c1ccccc1)S(=O)(=O)c1ccc(NC(=O)C=Cc2cccc3ccccc23)cc1. The van der Waals surface area contributed by atoms with Gasteiger partial charge in [0.2, 0.25) is 5.91 Å². The predicted molar refractivity (Wildman–Crippen MR) is 135 cm³/mol. The van der Waals surface area contributed by atoms with Crippen molar-refractivity contribution in [2.24, 2.45) is 0 Å². The normalized spacial score (nSPS) is 11.5. The first kappa shape index (κ1) is 22.3. The highest BCUT2D eigenvalue weighted by Gasteiger charge is 2.23. The summed E-state index contributed by atoms with van der Waals surface area (Å²) in [6.45, 7) is 2.10. The van der Waals surface area contributed by atoms with Gasteiger partial charge in [-0.2, -0.15) is 0 Å². The first-order chi connectivity index (χ1) is 16.0. The van der Waals surface area contributed by atoms with Gasteiger partial charge in [0, 0.05) is 18.3 Å². The zero-order valence-electron chi connectivity index (χ0n) is 18.2. The van der Waals surface area contributed by atoms with E-state index < -0.39 is 10.0 Å². The van der Waals surface area contributed by atoms with Gasteiger partial charge in [0.25, 0.3) is 10.0 Å². The highest BCUT2D eigenvalue weighted by molar-refractivity contribution is 7.92. The van der Waals surface area contributed by atoms with Crippen molar-refractivity contribution >= 4 is 44.2 Å². The average Bonchev–Trinajstić information content (AvgIpc) is 2.84. The zero-order chi connectivity index (χ0) is 23.3. The monoisotopic (exact) mass is 456 g/mol. The molecule has 4 rings (SSSR count). The van der Waals surface area contributed by atoms with E-state index in [1.165, 1.54) is 22.5 Å².